The number of para-hydroxylation sites is 2. The molecule has 1 aliphatic rings. The molecule has 3 aromatic carbocycles. The highest BCUT2D eigenvalue weighted by atomic mass is 35.5. The summed E-state index contributed by atoms with van der Waals surface area (Å²) in [7, 11) is 1.81. The number of unbranched alkanes of at least 4 members (excludes halogenated alkanes) is 1. The van der Waals surface area contributed by atoms with Crippen LogP contribution in [0.3, 0.4) is 0 Å². The van der Waals surface area contributed by atoms with Gasteiger partial charge < -0.3 is 9.64 Å². The first-order chi connectivity index (χ1) is 16.5. The van der Waals surface area contributed by atoms with Crippen LogP contribution in [0.4, 0.5) is 5.69 Å². The number of amides is 2. The van der Waals surface area contributed by atoms with Gasteiger partial charge >= 0.3 is 0 Å². The fraction of sp³-hybridized carbons (Fsp3) is 0.214. The van der Waals surface area contributed by atoms with Crippen LogP contribution in [0.2, 0.25) is 5.02 Å². The fourth-order valence-electron chi connectivity index (χ4n) is 3.78. The van der Waals surface area contributed by atoms with Gasteiger partial charge in [0.25, 0.3) is 11.8 Å². The van der Waals surface area contributed by atoms with E-state index in [0.717, 1.165) is 36.2 Å². The second-order valence-corrected chi connectivity index (χ2v) is 8.73. The summed E-state index contributed by atoms with van der Waals surface area (Å²) in [5, 5.41) is 0.650. The van der Waals surface area contributed by atoms with Crippen LogP contribution in [-0.4, -0.2) is 30.3 Å². The Labute approximate surface area is 205 Å². The Hall–Kier alpha value is -3.57. The summed E-state index contributed by atoms with van der Waals surface area (Å²) in [6, 6.07) is 22.1. The number of nitrogens with zero attached hydrogens (tertiary/aromatic N) is 2. The molecule has 0 bridgehead atoms. The van der Waals surface area contributed by atoms with E-state index in [9.17, 15) is 9.59 Å². The third-order valence-electron chi connectivity index (χ3n) is 5.74. The van der Waals surface area contributed by atoms with Crippen molar-refractivity contribution >= 4 is 35.2 Å². The summed E-state index contributed by atoms with van der Waals surface area (Å²) in [5.74, 6) is 0.604. The number of carbonyl (C=O) groups is 2. The molecular formula is C28H27ClN2O3. The maximum Gasteiger partial charge on any atom is 0.294 e. The number of hydrogen-bond acceptors (Lipinski definition) is 3. The molecule has 34 heavy (non-hydrogen) atoms. The Bertz CT molecular complexity index is 1200. The van der Waals surface area contributed by atoms with Gasteiger partial charge in [0.05, 0.1) is 12.2 Å². The first kappa shape index (κ1) is 23.6. The van der Waals surface area contributed by atoms with E-state index in [1.807, 2.05) is 67.7 Å². The third kappa shape index (κ3) is 5.32. The molecule has 0 aliphatic carbocycles. The van der Waals surface area contributed by atoms with Gasteiger partial charge in [0.1, 0.15) is 0 Å². The van der Waals surface area contributed by atoms with E-state index in [4.69, 9.17) is 16.3 Å². The first-order valence-electron chi connectivity index (χ1n) is 11.4. The minimum atomic E-state index is -0.229. The van der Waals surface area contributed by atoms with Gasteiger partial charge in [0, 0.05) is 24.2 Å². The molecular weight excluding hydrogens is 448 g/mol. The average Bonchev–Trinajstić information content (AvgIpc) is 2.86. The zero-order valence-corrected chi connectivity index (χ0v) is 20.1. The number of benzene rings is 3. The lowest BCUT2D eigenvalue weighted by atomic mass is 10.1. The highest BCUT2D eigenvalue weighted by Crippen LogP contribution is 2.36. The minimum absolute atomic E-state index is 0.0132. The van der Waals surface area contributed by atoms with Crippen molar-refractivity contribution < 1.29 is 14.3 Å². The molecule has 0 saturated carbocycles. The molecule has 0 aromatic heterocycles. The SMILES string of the molecule is CCCCN(C)C(=O)c1ccc(/C=C2\Oc3ccccc3N(Cc3ccc(Cl)cc3)C2=O)cc1. The number of anilines is 1. The standard InChI is InChI=1S/C28H27ClN2O3/c1-3-4-17-30(2)27(32)22-13-9-20(10-14-22)18-26-28(33)31(19-21-11-15-23(29)16-12-21)24-7-5-6-8-25(24)34-26/h5-16,18H,3-4,17,19H2,1-2H3/b26-18-. The van der Waals surface area contributed by atoms with Crippen molar-refractivity contribution in [3.05, 3.63) is 100 Å². The second kappa shape index (κ2) is 10.6. The summed E-state index contributed by atoms with van der Waals surface area (Å²) in [5.41, 5.74) is 3.08. The van der Waals surface area contributed by atoms with Crippen molar-refractivity contribution in [2.24, 2.45) is 0 Å². The van der Waals surface area contributed by atoms with Crippen LogP contribution >= 0.6 is 11.6 Å². The van der Waals surface area contributed by atoms with Gasteiger partial charge in [-0.1, -0.05) is 61.3 Å². The summed E-state index contributed by atoms with van der Waals surface area (Å²) in [4.78, 5) is 29.4. The molecule has 0 radical (unpaired) electrons. The number of halogens is 1. The van der Waals surface area contributed by atoms with Crippen molar-refractivity contribution in [3.63, 3.8) is 0 Å². The molecule has 2 amide bonds. The molecule has 0 N–H and O–H groups in total. The maximum atomic E-state index is 13.4. The molecule has 0 atom stereocenters. The maximum absolute atomic E-state index is 13.4. The Morgan fingerprint density at radius 1 is 1.03 bits per heavy atom. The van der Waals surface area contributed by atoms with E-state index < -0.39 is 0 Å². The fourth-order valence-corrected chi connectivity index (χ4v) is 3.91. The van der Waals surface area contributed by atoms with Crippen molar-refractivity contribution in [1.29, 1.82) is 0 Å². The van der Waals surface area contributed by atoms with E-state index in [-0.39, 0.29) is 17.6 Å². The van der Waals surface area contributed by atoms with Gasteiger partial charge in [-0.15, -0.1) is 0 Å². The van der Waals surface area contributed by atoms with Gasteiger partial charge in [-0.25, -0.2) is 0 Å². The normalized spacial score (nSPS) is 14.0. The molecule has 0 fully saturated rings. The Kier molecular flexibility index (Phi) is 7.33. The molecule has 3 aromatic rings. The van der Waals surface area contributed by atoms with E-state index in [0.29, 0.717) is 22.9 Å². The molecule has 6 heteroatoms. The first-order valence-corrected chi connectivity index (χ1v) is 11.7. The van der Waals surface area contributed by atoms with Crippen molar-refractivity contribution in [2.75, 3.05) is 18.5 Å². The quantitative estimate of drug-likeness (QED) is 0.384. The predicted octanol–water partition coefficient (Wildman–Crippen LogP) is 6.18. The smallest absolute Gasteiger partial charge is 0.294 e. The topological polar surface area (TPSA) is 49.9 Å². The van der Waals surface area contributed by atoms with Gasteiger partial charge in [-0.2, -0.15) is 0 Å². The molecule has 5 nitrogen and oxygen atoms in total. The van der Waals surface area contributed by atoms with Crippen molar-refractivity contribution in [2.45, 2.75) is 26.3 Å². The van der Waals surface area contributed by atoms with Gasteiger partial charge in [-0.05, 0) is 60.0 Å². The third-order valence-corrected chi connectivity index (χ3v) is 5.99. The lowest BCUT2D eigenvalue weighted by Gasteiger charge is -2.30. The number of carbonyl (C=O) groups excluding carboxylic acids is 2. The number of hydrogen-bond donors (Lipinski definition) is 0. The summed E-state index contributed by atoms with van der Waals surface area (Å²) in [6.07, 6.45) is 3.72. The van der Waals surface area contributed by atoms with Gasteiger partial charge in [0.15, 0.2) is 11.5 Å². The van der Waals surface area contributed by atoms with Gasteiger partial charge in [0.2, 0.25) is 0 Å². The molecule has 0 spiro atoms. The zero-order valence-electron chi connectivity index (χ0n) is 19.3. The molecule has 0 saturated heterocycles. The van der Waals surface area contributed by atoms with E-state index >= 15 is 0 Å². The van der Waals surface area contributed by atoms with E-state index in [1.54, 1.807) is 28.0 Å². The van der Waals surface area contributed by atoms with Crippen LogP contribution in [0.1, 0.15) is 41.3 Å². The molecule has 0 unspecified atom stereocenters. The van der Waals surface area contributed by atoms with Crippen LogP contribution in [0.25, 0.3) is 6.08 Å². The Morgan fingerprint density at radius 2 is 1.74 bits per heavy atom. The zero-order chi connectivity index (χ0) is 24.1. The highest BCUT2D eigenvalue weighted by molar-refractivity contribution is 6.30. The molecule has 4 rings (SSSR count). The predicted molar refractivity (Wildman–Crippen MR) is 136 cm³/mol. The molecule has 174 valence electrons. The number of ether oxygens (including phenoxy) is 1. The highest BCUT2D eigenvalue weighted by Gasteiger charge is 2.30. The van der Waals surface area contributed by atoms with Crippen LogP contribution < -0.4 is 9.64 Å². The summed E-state index contributed by atoms with van der Waals surface area (Å²) < 4.78 is 5.97. The van der Waals surface area contributed by atoms with Crippen LogP contribution in [0.5, 0.6) is 5.75 Å². The number of rotatable bonds is 7. The molecule has 1 heterocycles. The van der Waals surface area contributed by atoms with Crippen LogP contribution in [0.15, 0.2) is 78.6 Å². The average molecular weight is 475 g/mol. The summed E-state index contributed by atoms with van der Waals surface area (Å²) in [6.45, 7) is 3.22. The Balaban J connectivity index is 1.58. The molecule has 1 aliphatic heterocycles. The van der Waals surface area contributed by atoms with Crippen molar-refractivity contribution in [1.82, 2.24) is 4.90 Å². The largest absolute Gasteiger partial charge is 0.449 e. The van der Waals surface area contributed by atoms with E-state index in [2.05, 4.69) is 6.92 Å². The van der Waals surface area contributed by atoms with Crippen molar-refractivity contribution in [3.8, 4) is 5.75 Å². The van der Waals surface area contributed by atoms with E-state index in [1.165, 1.54) is 0 Å². The Morgan fingerprint density at radius 3 is 2.44 bits per heavy atom. The minimum Gasteiger partial charge on any atom is -0.449 e. The lowest BCUT2D eigenvalue weighted by molar-refractivity contribution is -0.117. The number of fused-ring (bicyclic) bond motifs is 1. The summed E-state index contributed by atoms with van der Waals surface area (Å²) >= 11 is 6.01. The van der Waals surface area contributed by atoms with Gasteiger partial charge in [-0.3, -0.25) is 14.5 Å². The van der Waals surface area contributed by atoms with Crippen LogP contribution in [0, 0.1) is 0 Å². The van der Waals surface area contributed by atoms with Crippen LogP contribution in [-0.2, 0) is 11.3 Å². The monoisotopic (exact) mass is 474 g/mol. The lowest BCUT2D eigenvalue weighted by Crippen LogP contribution is -2.36. The second-order valence-electron chi connectivity index (χ2n) is 8.30.